The summed E-state index contributed by atoms with van der Waals surface area (Å²) in [6.07, 6.45) is 0. The van der Waals surface area contributed by atoms with Crippen LogP contribution in [0.1, 0.15) is 26.3 Å². The van der Waals surface area contributed by atoms with Crippen molar-refractivity contribution in [3.05, 3.63) is 64.2 Å². The first-order chi connectivity index (χ1) is 9.47. The standard InChI is InChI=1S/C15H13ClN2O2/c1-9-5-6-10(14(17)19)8-13(9)18-15(20)11-3-2-4-12(16)7-11/h2-8H,1H3,(H2,17,19)(H,18,20). The fourth-order valence-electron chi connectivity index (χ4n) is 1.73. The van der Waals surface area contributed by atoms with Crippen molar-refractivity contribution in [3.63, 3.8) is 0 Å². The quantitative estimate of drug-likeness (QED) is 0.911. The number of halogens is 1. The highest BCUT2D eigenvalue weighted by molar-refractivity contribution is 6.31. The molecule has 0 heterocycles. The lowest BCUT2D eigenvalue weighted by atomic mass is 10.1. The van der Waals surface area contributed by atoms with Gasteiger partial charge in [-0.15, -0.1) is 0 Å². The van der Waals surface area contributed by atoms with E-state index in [9.17, 15) is 9.59 Å². The maximum absolute atomic E-state index is 12.1. The number of nitrogens with two attached hydrogens (primary N) is 1. The molecule has 2 rings (SSSR count). The van der Waals surface area contributed by atoms with Gasteiger partial charge in [-0.3, -0.25) is 9.59 Å². The van der Waals surface area contributed by atoms with Gasteiger partial charge < -0.3 is 11.1 Å². The number of benzene rings is 2. The number of hydrogen-bond donors (Lipinski definition) is 2. The second-order valence-corrected chi connectivity index (χ2v) is 4.79. The van der Waals surface area contributed by atoms with E-state index < -0.39 is 5.91 Å². The van der Waals surface area contributed by atoms with Gasteiger partial charge in [-0.1, -0.05) is 23.7 Å². The Morgan fingerprint density at radius 3 is 2.50 bits per heavy atom. The summed E-state index contributed by atoms with van der Waals surface area (Å²) in [6.45, 7) is 1.83. The summed E-state index contributed by atoms with van der Waals surface area (Å²) in [5.74, 6) is -0.833. The molecule has 20 heavy (non-hydrogen) atoms. The molecule has 3 N–H and O–H groups in total. The van der Waals surface area contributed by atoms with Gasteiger partial charge >= 0.3 is 0 Å². The Balaban J connectivity index is 2.27. The molecule has 0 saturated carbocycles. The second kappa shape index (κ2) is 5.75. The third kappa shape index (κ3) is 3.16. The molecule has 0 fully saturated rings. The molecular formula is C15H13ClN2O2. The summed E-state index contributed by atoms with van der Waals surface area (Å²) in [4.78, 5) is 23.3. The average molecular weight is 289 g/mol. The molecule has 0 saturated heterocycles. The SMILES string of the molecule is Cc1ccc(C(N)=O)cc1NC(=O)c1cccc(Cl)c1. The molecule has 0 spiro atoms. The van der Waals surface area contributed by atoms with Crippen molar-refractivity contribution in [1.29, 1.82) is 0 Å². The van der Waals surface area contributed by atoms with Crippen LogP contribution in [-0.4, -0.2) is 11.8 Å². The van der Waals surface area contributed by atoms with Crippen molar-refractivity contribution in [2.24, 2.45) is 5.73 Å². The van der Waals surface area contributed by atoms with Crippen LogP contribution in [0.15, 0.2) is 42.5 Å². The predicted molar refractivity (Wildman–Crippen MR) is 79.1 cm³/mol. The van der Waals surface area contributed by atoms with Gasteiger partial charge in [-0.2, -0.15) is 0 Å². The zero-order chi connectivity index (χ0) is 14.7. The van der Waals surface area contributed by atoms with Gasteiger partial charge in [0, 0.05) is 21.8 Å². The minimum absolute atomic E-state index is 0.294. The molecule has 4 nitrogen and oxygen atoms in total. The predicted octanol–water partition coefficient (Wildman–Crippen LogP) is 3.00. The van der Waals surface area contributed by atoms with Gasteiger partial charge in [-0.05, 0) is 42.8 Å². The minimum atomic E-state index is -0.539. The van der Waals surface area contributed by atoms with E-state index >= 15 is 0 Å². The number of hydrogen-bond acceptors (Lipinski definition) is 2. The van der Waals surface area contributed by atoms with Gasteiger partial charge in [-0.25, -0.2) is 0 Å². The highest BCUT2D eigenvalue weighted by atomic mass is 35.5. The van der Waals surface area contributed by atoms with Crippen LogP contribution in [0.4, 0.5) is 5.69 Å². The second-order valence-electron chi connectivity index (χ2n) is 4.36. The normalized spacial score (nSPS) is 10.1. The lowest BCUT2D eigenvalue weighted by Crippen LogP contribution is -2.15. The van der Waals surface area contributed by atoms with Crippen molar-refractivity contribution in [3.8, 4) is 0 Å². The molecule has 5 heteroatoms. The van der Waals surface area contributed by atoms with Crippen LogP contribution < -0.4 is 11.1 Å². The van der Waals surface area contributed by atoms with E-state index in [2.05, 4.69) is 5.32 Å². The van der Waals surface area contributed by atoms with Crippen LogP contribution in [0.25, 0.3) is 0 Å². The molecule has 0 bridgehead atoms. The molecular weight excluding hydrogens is 276 g/mol. The highest BCUT2D eigenvalue weighted by Gasteiger charge is 2.10. The number of amides is 2. The van der Waals surface area contributed by atoms with Crippen LogP contribution in [0.5, 0.6) is 0 Å². The Morgan fingerprint density at radius 1 is 1.10 bits per heavy atom. The van der Waals surface area contributed by atoms with E-state index in [-0.39, 0.29) is 5.91 Å². The Morgan fingerprint density at radius 2 is 1.85 bits per heavy atom. The topological polar surface area (TPSA) is 72.2 Å². The average Bonchev–Trinajstić information content (AvgIpc) is 2.41. The maximum atomic E-state index is 12.1. The molecule has 102 valence electrons. The summed E-state index contributed by atoms with van der Waals surface area (Å²) >= 11 is 5.85. The number of aryl methyl sites for hydroxylation is 1. The zero-order valence-electron chi connectivity index (χ0n) is 10.8. The first kappa shape index (κ1) is 14.1. The van der Waals surface area contributed by atoms with Gasteiger partial charge in [0.25, 0.3) is 5.91 Å². The summed E-state index contributed by atoms with van der Waals surface area (Å²) in [5, 5.41) is 3.23. The summed E-state index contributed by atoms with van der Waals surface area (Å²) in [7, 11) is 0. The molecule has 2 aromatic carbocycles. The van der Waals surface area contributed by atoms with Crippen molar-refractivity contribution in [2.75, 3.05) is 5.32 Å². The van der Waals surface area contributed by atoms with Crippen LogP contribution in [0, 0.1) is 6.92 Å². The number of nitrogens with one attached hydrogen (secondary N) is 1. The van der Waals surface area contributed by atoms with E-state index in [1.165, 1.54) is 0 Å². The monoisotopic (exact) mass is 288 g/mol. The van der Waals surface area contributed by atoms with Crippen LogP contribution in [0.2, 0.25) is 5.02 Å². The van der Waals surface area contributed by atoms with E-state index in [1.807, 2.05) is 6.92 Å². The van der Waals surface area contributed by atoms with Gasteiger partial charge in [0.2, 0.25) is 5.91 Å². The van der Waals surface area contributed by atoms with Crippen molar-refractivity contribution in [1.82, 2.24) is 0 Å². The van der Waals surface area contributed by atoms with Crippen molar-refractivity contribution >= 4 is 29.1 Å². The highest BCUT2D eigenvalue weighted by Crippen LogP contribution is 2.18. The lowest BCUT2D eigenvalue weighted by Gasteiger charge is -2.09. The first-order valence-corrected chi connectivity index (χ1v) is 6.32. The third-order valence-corrected chi connectivity index (χ3v) is 3.09. The Kier molecular flexibility index (Phi) is 4.05. The number of primary amides is 1. The molecule has 0 aliphatic carbocycles. The van der Waals surface area contributed by atoms with E-state index in [4.69, 9.17) is 17.3 Å². The Bertz CT molecular complexity index is 683. The lowest BCUT2D eigenvalue weighted by molar-refractivity contribution is 0.0996. The zero-order valence-corrected chi connectivity index (χ0v) is 11.6. The molecule has 0 aromatic heterocycles. The summed E-state index contributed by atoms with van der Waals surface area (Å²) < 4.78 is 0. The molecule has 0 unspecified atom stereocenters. The fourth-order valence-corrected chi connectivity index (χ4v) is 1.92. The van der Waals surface area contributed by atoms with Gasteiger partial charge in [0.15, 0.2) is 0 Å². The van der Waals surface area contributed by atoms with E-state index in [0.717, 1.165) is 5.56 Å². The molecule has 2 amide bonds. The number of rotatable bonds is 3. The van der Waals surface area contributed by atoms with Crippen LogP contribution >= 0.6 is 11.6 Å². The van der Waals surface area contributed by atoms with Crippen LogP contribution in [-0.2, 0) is 0 Å². The number of anilines is 1. The van der Waals surface area contributed by atoms with E-state index in [1.54, 1.807) is 42.5 Å². The smallest absolute Gasteiger partial charge is 0.255 e. The van der Waals surface area contributed by atoms with Crippen LogP contribution in [0.3, 0.4) is 0 Å². The first-order valence-electron chi connectivity index (χ1n) is 5.95. The minimum Gasteiger partial charge on any atom is -0.366 e. The maximum Gasteiger partial charge on any atom is 0.255 e. The van der Waals surface area contributed by atoms with E-state index in [0.29, 0.717) is 21.8 Å². The molecule has 0 atom stereocenters. The largest absolute Gasteiger partial charge is 0.366 e. The summed E-state index contributed by atoms with van der Waals surface area (Å²) in [5.41, 5.74) is 7.40. The Labute approximate surface area is 121 Å². The summed E-state index contributed by atoms with van der Waals surface area (Å²) in [6, 6.07) is 11.5. The van der Waals surface area contributed by atoms with Gasteiger partial charge in [0.05, 0.1) is 0 Å². The van der Waals surface area contributed by atoms with Crippen molar-refractivity contribution < 1.29 is 9.59 Å². The Hall–Kier alpha value is -2.33. The molecule has 2 aromatic rings. The number of carbonyl (C=O) groups is 2. The molecule has 0 radical (unpaired) electrons. The molecule has 0 aliphatic rings. The van der Waals surface area contributed by atoms with Gasteiger partial charge in [0.1, 0.15) is 0 Å². The number of carbonyl (C=O) groups excluding carboxylic acids is 2. The molecule has 0 aliphatic heterocycles. The fraction of sp³-hybridized carbons (Fsp3) is 0.0667. The third-order valence-electron chi connectivity index (χ3n) is 2.86. The van der Waals surface area contributed by atoms with Crippen molar-refractivity contribution in [2.45, 2.75) is 6.92 Å².